The maximum atomic E-state index is 9.25. The summed E-state index contributed by atoms with van der Waals surface area (Å²) in [5.74, 6) is 0. The summed E-state index contributed by atoms with van der Waals surface area (Å²) in [6, 6.07) is 0. The number of aliphatic hydroxyl groups is 2. The molecule has 1 rings (SSSR count). The van der Waals surface area contributed by atoms with Crippen molar-refractivity contribution in [2.24, 2.45) is 0 Å². The smallest absolute Gasteiger partial charge is 0.0860 e. The second kappa shape index (κ2) is 3.32. The number of hydrogen-bond donors (Lipinski definition) is 2. The van der Waals surface area contributed by atoms with Crippen LogP contribution >= 0.6 is 0 Å². The Labute approximate surface area is 60.6 Å². The highest BCUT2D eigenvalue weighted by atomic mass is 16.5. The molecule has 0 spiro atoms. The van der Waals surface area contributed by atoms with Gasteiger partial charge in [-0.05, 0) is 13.3 Å². The summed E-state index contributed by atoms with van der Waals surface area (Å²) >= 11 is 0. The lowest BCUT2D eigenvalue weighted by Gasteiger charge is -2.11. The minimum Gasteiger partial charge on any atom is -0.396 e. The average Bonchev–Trinajstić information content (AvgIpc) is 2.13. The standard InChI is InChI=1S/C7H14O3/c1-5-4-6(9)7(10-5)2-3-8/h5-9H,2-4H2,1H3/t5?,6-,7-/m1/s1. The first-order valence-corrected chi connectivity index (χ1v) is 3.68. The quantitative estimate of drug-likeness (QED) is 0.572. The van der Waals surface area contributed by atoms with Gasteiger partial charge in [0.2, 0.25) is 0 Å². The third-order valence-corrected chi connectivity index (χ3v) is 1.82. The van der Waals surface area contributed by atoms with Gasteiger partial charge in [0, 0.05) is 13.0 Å². The molecule has 0 aromatic heterocycles. The normalized spacial score (nSPS) is 40.5. The summed E-state index contributed by atoms with van der Waals surface area (Å²) in [6.07, 6.45) is 0.879. The SMILES string of the molecule is CC1C[C@@H](O)[C@@H](CCO)O1. The first-order valence-electron chi connectivity index (χ1n) is 3.68. The highest BCUT2D eigenvalue weighted by molar-refractivity contribution is 4.79. The third-order valence-electron chi connectivity index (χ3n) is 1.82. The van der Waals surface area contributed by atoms with E-state index in [0.29, 0.717) is 12.8 Å². The topological polar surface area (TPSA) is 49.7 Å². The Morgan fingerprint density at radius 2 is 2.30 bits per heavy atom. The van der Waals surface area contributed by atoms with Gasteiger partial charge in [-0.3, -0.25) is 0 Å². The highest BCUT2D eigenvalue weighted by Gasteiger charge is 2.30. The van der Waals surface area contributed by atoms with E-state index in [1.807, 2.05) is 6.92 Å². The summed E-state index contributed by atoms with van der Waals surface area (Å²) in [4.78, 5) is 0. The second-order valence-electron chi connectivity index (χ2n) is 2.80. The monoisotopic (exact) mass is 146 g/mol. The van der Waals surface area contributed by atoms with E-state index in [4.69, 9.17) is 9.84 Å². The Morgan fingerprint density at radius 1 is 1.60 bits per heavy atom. The second-order valence-corrected chi connectivity index (χ2v) is 2.80. The fourth-order valence-corrected chi connectivity index (χ4v) is 1.32. The lowest BCUT2D eigenvalue weighted by molar-refractivity contribution is 0.00226. The number of aliphatic hydroxyl groups excluding tert-OH is 2. The van der Waals surface area contributed by atoms with Crippen LogP contribution in [-0.4, -0.2) is 35.1 Å². The van der Waals surface area contributed by atoms with E-state index >= 15 is 0 Å². The van der Waals surface area contributed by atoms with Crippen molar-refractivity contribution in [3.8, 4) is 0 Å². The van der Waals surface area contributed by atoms with E-state index in [0.717, 1.165) is 0 Å². The fraction of sp³-hybridized carbons (Fsp3) is 1.00. The number of hydrogen-bond acceptors (Lipinski definition) is 3. The van der Waals surface area contributed by atoms with E-state index in [2.05, 4.69) is 0 Å². The van der Waals surface area contributed by atoms with E-state index in [-0.39, 0.29) is 24.9 Å². The lowest BCUT2D eigenvalue weighted by Crippen LogP contribution is -2.21. The van der Waals surface area contributed by atoms with Crippen molar-refractivity contribution in [2.45, 2.75) is 38.1 Å². The first-order chi connectivity index (χ1) is 4.74. The van der Waals surface area contributed by atoms with Crippen molar-refractivity contribution in [3.63, 3.8) is 0 Å². The maximum Gasteiger partial charge on any atom is 0.0860 e. The summed E-state index contributed by atoms with van der Waals surface area (Å²) in [7, 11) is 0. The van der Waals surface area contributed by atoms with Crippen molar-refractivity contribution in [1.82, 2.24) is 0 Å². The molecule has 3 nitrogen and oxygen atoms in total. The van der Waals surface area contributed by atoms with Gasteiger partial charge in [0.1, 0.15) is 0 Å². The summed E-state index contributed by atoms with van der Waals surface area (Å²) in [5, 5.41) is 17.8. The van der Waals surface area contributed by atoms with Gasteiger partial charge in [0.05, 0.1) is 18.3 Å². The molecule has 1 saturated heterocycles. The molecule has 0 amide bonds. The van der Waals surface area contributed by atoms with Crippen molar-refractivity contribution >= 4 is 0 Å². The highest BCUT2D eigenvalue weighted by Crippen LogP contribution is 2.21. The minimum absolute atomic E-state index is 0.0917. The van der Waals surface area contributed by atoms with Crippen molar-refractivity contribution in [2.75, 3.05) is 6.61 Å². The molecule has 2 N–H and O–H groups in total. The zero-order valence-corrected chi connectivity index (χ0v) is 6.16. The molecule has 60 valence electrons. The summed E-state index contributed by atoms with van der Waals surface area (Å²) < 4.78 is 5.30. The van der Waals surface area contributed by atoms with Crippen molar-refractivity contribution in [1.29, 1.82) is 0 Å². The van der Waals surface area contributed by atoms with Crippen LogP contribution in [0.2, 0.25) is 0 Å². The molecule has 3 atom stereocenters. The molecule has 0 bridgehead atoms. The Balaban J connectivity index is 2.31. The molecule has 0 aromatic carbocycles. The molecular weight excluding hydrogens is 132 g/mol. The fourth-order valence-electron chi connectivity index (χ4n) is 1.32. The first kappa shape index (κ1) is 7.98. The van der Waals surface area contributed by atoms with Gasteiger partial charge >= 0.3 is 0 Å². The lowest BCUT2D eigenvalue weighted by atomic mass is 10.1. The maximum absolute atomic E-state index is 9.25. The molecule has 3 heteroatoms. The molecular formula is C7H14O3. The zero-order chi connectivity index (χ0) is 7.56. The van der Waals surface area contributed by atoms with Crippen molar-refractivity contribution < 1.29 is 14.9 Å². The molecule has 0 radical (unpaired) electrons. The Kier molecular flexibility index (Phi) is 2.65. The molecule has 1 aliphatic rings. The van der Waals surface area contributed by atoms with Gasteiger partial charge in [0.25, 0.3) is 0 Å². The van der Waals surface area contributed by atoms with Crippen LogP contribution in [0, 0.1) is 0 Å². The van der Waals surface area contributed by atoms with Gasteiger partial charge < -0.3 is 14.9 Å². The number of rotatable bonds is 2. The van der Waals surface area contributed by atoms with E-state index in [1.54, 1.807) is 0 Å². The van der Waals surface area contributed by atoms with E-state index < -0.39 is 0 Å². The molecule has 0 aromatic rings. The van der Waals surface area contributed by atoms with Crippen LogP contribution in [0.1, 0.15) is 19.8 Å². The van der Waals surface area contributed by atoms with Crippen LogP contribution < -0.4 is 0 Å². The molecule has 1 fully saturated rings. The van der Waals surface area contributed by atoms with Crippen LogP contribution in [0.4, 0.5) is 0 Å². The predicted molar refractivity (Wildman–Crippen MR) is 36.7 cm³/mol. The molecule has 0 saturated carbocycles. The van der Waals surface area contributed by atoms with Crippen LogP contribution in [0.5, 0.6) is 0 Å². The van der Waals surface area contributed by atoms with Gasteiger partial charge in [0.15, 0.2) is 0 Å². The third kappa shape index (κ3) is 1.68. The molecule has 10 heavy (non-hydrogen) atoms. The van der Waals surface area contributed by atoms with Crippen LogP contribution in [0.3, 0.4) is 0 Å². The van der Waals surface area contributed by atoms with Gasteiger partial charge in [-0.2, -0.15) is 0 Å². The molecule has 1 unspecified atom stereocenters. The Morgan fingerprint density at radius 3 is 2.70 bits per heavy atom. The van der Waals surface area contributed by atoms with E-state index in [1.165, 1.54) is 0 Å². The van der Waals surface area contributed by atoms with Crippen molar-refractivity contribution in [3.05, 3.63) is 0 Å². The van der Waals surface area contributed by atoms with Gasteiger partial charge in [-0.25, -0.2) is 0 Å². The molecule has 1 heterocycles. The molecule has 1 aliphatic heterocycles. The van der Waals surface area contributed by atoms with Crippen LogP contribution in [0.25, 0.3) is 0 Å². The largest absolute Gasteiger partial charge is 0.396 e. The van der Waals surface area contributed by atoms with Crippen LogP contribution in [-0.2, 0) is 4.74 Å². The number of ether oxygens (including phenoxy) is 1. The average molecular weight is 146 g/mol. The van der Waals surface area contributed by atoms with Crippen LogP contribution in [0.15, 0.2) is 0 Å². The zero-order valence-electron chi connectivity index (χ0n) is 6.16. The van der Waals surface area contributed by atoms with Gasteiger partial charge in [-0.15, -0.1) is 0 Å². The van der Waals surface area contributed by atoms with E-state index in [9.17, 15) is 5.11 Å². The predicted octanol–water partition coefficient (Wildman–Crippen LogP) is -0.0929. The minimum atomic E-state index is -0.373. The Hall–Kier alpha value is -0.120. The summed E-state index contributed by atoms with van der Waals surface area (Å²) in [6.45, 7) is 2.02. The molecule has 0 aliphatic carbocycles. The Bertz CT molecular complexity index is 105. The summed E-state index contributed by atoms with van der Waals surface area (Å²) in [5.41, 5.74) is 0. The van der Waals surface area contributed by atoms with Gasteiger partial charge in [-0.1, -0.05) is 0 Å².